The van der Waals surface area contributed by atoms with Crippen molar-refractivity contribution in [2.45, 2.75) is 90.0 Å². The smallest absolute Gasteiger partial charge is 0.0190 e. The van der Waals surface area contributed by atoms with Crippen LogP contribution in [0.3, 0.4) is 0 Å². The molecule has 2 heteroatoms. The van der Waals surface area contributed by atoms with Crippen molar-refractivity contribution < 1.29 is 0 Å². The molecule has 0 heterocycles. The van der Waals surface area contributed by atoms with Crippen LogP contribution in [0.15, 0.2) is 0 Å². The second-order valence-electron chi connectivity index (χ2n) is 7.59. The fourth-order valence-electron chi connectivity index (χ4n) is 3.72. The van der Waals surface area contributed by atoms with Gasteiger partial charge >= 0.3 is 0 Å². The van der Waals surface area contributed by atoms with Gasteiger partial charge in [0.15, 0.2) is 0 Å². The molecule has 0 aliphatic heterocycles. The number of hydrogen-bond donors (Lipinski definition) is 2. The zero-order valence-corrected chi connectivity index (χ0v) is 14.3. The number of hydrogen-bond acceptors (Lipinski definition) is 2. The summed E-state index contributed by atoms with van der Waals surface area (Å²) in [4.78, 5) is 0. The van der Waals surface area contributed by atoms with Crippen LogP contribution in [-0.4, -0.2) is 19.1 Å². The van der Waals surface area contributed by atoms with E-state index in [0.29, 0.717) is 6.04 Å². The van der Waals surface area contributed by atoms with Gasteiger partial charge in [0.05, 0.1) is 0 Å². The van der Waals surface area contributed by atoms with Crippen molar-refractivity contribution >= 4 is 0 Å². The molecular formula is C19H38N2. The molecular weight excluding hydrogens is 256 g/mol. The Labute approximate surface area is 132 Å². The lowest BCUT2D eigenvalue weighted by molar-refractivity contribution is 0.345. The van der Waals surface area contributed by atoms with Gasteiger partial charge in [-0.3, -0.25) is 0 Å². The van der Waals surface area contributed by atoms with Crippen molar-refractivity contribution in [1.82, 2.24) is 5.32 Å². The van der Waals surface area contributed by atoms with Gasteiger partial charge in [-0.1, -0.05) is 51.9 Å². The summed E-state index contributed by atoms with van der Waals surface area (Å²) in [6.45, 7) is 4.35. The van der Waals surface area contributed by atoms with Gasteiger partial charge in [0.25, 0.3) is 0 Å². The van der Waals surface area contributed by atoms with Crippen LogP contribution in [0.1, 0.15) is 84.0 Å². The van der Waals surface area contributed by atoms with Gasteiger partial charge < -0.3 is 11.1 Å². The summed E-state index contributed by atoms with van der Waals surface area (Å²) < 4.78 is 0. The van der Waals surface area contributed by atoms with E-state index in [1.54, 1.807) is 0 Å². The van der Waals surface area contributed by atoms with E-state index in [4.69, 9.17) is 5.73 Å². The normalized spacial score (nSPS) is 20.1. The van der Waals surface area contributed by atoms with Crippen LogP contribution < -0.4 is 11.1 Å². The molecule has 1 unspecified atom stereocenters. The Morgan fingerprint density at radius 3 is 2.00 bits per heavy atom. The van der Waals surface area contributed by atoms with Gasteiger partial charge in [-0.2, -0.15) is 0 Å². The monoisotopic (exact) mass is 294 g/mol. The Morgan fingerprint density at radius 1 is 0.905 bits per heavy atom. The van der Waals surface area contributed by atoms with E-state index in [0.717, 1.165) is 24.3 Å². The van der Waals surface area contributed by atoms with Gasteiger partial charge in [-0.25, -0.2) is 0 Å². The van der Waals surface area contributed by atoms with Gasteiger partial charge in [-0.15, -0.1) is 0 Å². The quantitative estimate of drug-likeness (QED) is 0.464. The molecule has 124 valence electrons. The van der Waals surface area contributed by atoms with E-state index in [1.807, 2.05) is 0 Å². The van der Waals surface area contributed by atoms with E-state index in [2.05, 4.69) is 12.2 Å². The van der Waals surface area contributed by atoms with Crippen LogP contribution in [0.2, 0.25) is 0 Å². The highest BCUT2D eigenvalue weighted by molar-refractivity contribution is 4.93. The minimum Gasteiger partial charge on any atom is -0.329 e. The second kappa shape index (κ2) is 9.84. The summed E-state index contributed by atoms with van der Waals surface area (Å²) in [6, 6.07) is 0.570. The number of rotatable bonds is 14. The topological polar surface area (TPSA) is 38.0 Å². The molecule has 3 N–H and O–H groups in total. The lowest BCUT2D eigenvalue weighted by Crippen LogP contribution is -2.39. The third-order valence-electron chi connectivity index (χ3n) is 5.54. The SMILES string of the molecule is CCCCCCCCCC(CN)NCC(C1CC1)C1CC1. The summed E-state index contributed by atoms with van der Waals surface area (Å²) in [5.74, 6) is 3.09. The summed E-state index contributed by atoms with van der Waals surface area (Å²) >= 11 is 0. The van der Waals surface area contributed by atoms with Crippen LogP contribution in [0.25, 0.3) is 0 Å². The van der Waals surface area contributed by atoms with Crippen molar-refractivity contribution in [3.05, 3.63) is 0 Å². The zero-order chi connectivity index (χ0) is 14.9. The minimum atomic E-state index is 0.570. The predicted molar refractivity (Wildman–Crippen MR) is 92.4 cm³/mol. The molecule has 0 saturated heterocycles. The van der Waals surface area contributed by atoms with Crippen molar-refractivity contribution in [1.29, 1.82) is 0 Å². The van der Waals surface area contributed by atoms with E-state index >= 15 is 0 Å². The molecule has 0 aromatic heterocycles. The fraction of sp³-hybridized carbons (Fsp3) is 1.00. The predicted octanol–water partition coefficient (Wildman–Crippen LogP) is 4.48. The molecule has 2 saturated carbocycles. The molecule has 1 atom stereocenters. The van der Waals surface area contributed by atoms with Crippen molar-refractivity contribution in [2.24, 2.45) is 23.5 Å². The third-order valence-corrected chi connectivity index (χ3v) is 5.54. The largest absolute Gasteiger partial charge is 0.329 e. The number of unbranched alkanes of at least 4 members (excludes halogenated alkanes) is 6. The maximum atomic E-state index is 5.96. The van der Waals surface area contributed by atoms with Crippen molar-refractivity contribution in [3.8, 4) is 0 Å². The van der Waals surface area contributed by atoms with E-state index in [-0.39, 0.29) is 0 Å². The highest BCUT2D eigenvalue weighted by Crippen LogP contribution is 2.48. The average Bonchev–Trinajstić information content (AvgIpc) is 3.38. The zero-order valence-electron chi connectivity index (χ0n) is 14.3. The third kappa shape index (κ3) is 7.15. The molecule has 2 rings (SSSR count). The first-order chi connectivity index (χ1) is 10.3. The molecule has 0 aromatic rings. The molecule has 0 spiro atoms. The fourth-order valence-corrected chi connectivity index (χ4v) is 3.72. The van der Waals surface area contributed by atoms with Crippen LogP contribution in [0, 0.1) is 17.8 Å². The average molecular weight is 295 g/mol. The maximum Gasteiger partial charge on any atom is 0.0190 e. The highest BCUT2D eigenvalue weighted by atomic mass is 14.9. The van der Waals surface area contributed by atoms with E-state index in [1.165, 1.54) is 83.6 Å². The first-order valence-electron chi connectivity index (χ1n) is 9.78. The lowest BCUT2D eigenvalue weighted by atomic mass is 9.97. The Kier molecular flexibility index (Phi) is 8.10. The Morgan fingerprint density at radius 2 is 1.48 bits per heavy atom. The van der Waals surface area contributed by atoms with Crippen LogP contribution >= 0.6 is 0 Å². The van der Waals surface area contributed by atoms with E-state index < -0.39 is 0 Å². The molecule has 0 radical (unpaired) electrons. The number of nitrogens with two attached hydrogens (primary N) is 1. The summed E-state index contributed by atoms with van der Waals surface area (Å²) in [7, 11) is 0. The summed E-state index contributed by atoms with van der Waals surface area (Å²) in [6.07, 6.45) is 17.1. The molecule has 0 aromatic carbocycles. The van der Waals surface area contributed by atoms with Gasteiger partial charge in [0.1, 0.15) is 0 Å². The lowest BCUT2D eigenvalue weighted by Gasteiger charge is -2.22. The summed E-state index contributed by atoms with van der Waals surface area (Å²) in [5, 5.41) is 3.80. The summed E-state index contributed by atoms with van der Waals surface area (Å²) in [5.41, 5.74) is 5.96. The second-order valence-corrected chi connectivity index (χ2v) is 7.59. The molecule has 21 heavy (non-hydrogen) atoms. The maximum absolute atomic E-state index is 5.96. The molecule has 0 bridgehead atoms. The minimum absolute atomic E-state index is 0.570. The highest BCUT2D eigenvalue weighted by Gasteiger charge is 2.41. The molecule has 2 fully saturated rings. The molecule has 2 nitrogen and oxygen atoms in total. The van der Waals surface area contributed by atoms with Crippen molar-refractivity contribution in [3.63, 3.8) is 0 Å². The van der Waals surface area contributed by atoms with Gasteiger partial charge in [0, 0.05) is 12.6 Å². The molecule has 2 aliphatic rings. The molecule has 2 aliphatic carbocycles. The Bertz CT molecular complexity index is 246. The van der Waals surface area contributed by atoms with Gasteiger partial charge in [-0.05, 0) is 56.4 Å². The van der Waals surface area contributed by atoms with Gasteiger partial charge in [0.2, 0.25) is 0 Å². The molecule has 0 amide bonds. The van der Waals surface area contributed by atoms with Crippen molar-refractivity contribution in [2.75, 3.05) is 13.1 Å². The van der Waals surface area contributed by atoms with Crippen LogP contribution in [-0.2, 0) is 0 Å². The standard InChI is InChI=1S/C19H38N2/c1-2-3-4-5-6-7-8-9-18(14-20)21-15-19(16-10-11-16)17-12-13-17/h16-19,21H,2-15,20H2,1H3. The number of nitrogens with one attached hydrogen (secondary N) is 1. The first-order valence-corrected chi connectivity index (χ1v) is 9.78. The Balaban J connectivity index is 1.49. The van der Waals surface area contributed by atoms with E-state index in [9.17, 15) is 0 Å². The van der Waals surface area contributed by atoms with Crippen LogP contribution in [0.5, 0.6) is 0 Å². The Hall–Kier alpha value is -0.0800. The van der Waals surface area contributed by atoms with Crippen LogP contribution in [0.4, 0.5) is 0 Å². The first kappa shape index (κ1) is 17.3.